The highest BCUT2D eigenvalue weighted by Crippen LogP contribution is 2.35. The van der Waals surface area contributed by atoms with Gasteiger partial charge in [-0.25, -0.2) is 0 Å². The molecular weight excluding hydrogens is 332 g/mol. The molecule has 0 radical (unpaired) electrons. The summed E-state index contributed by atoms with van der Waals surface area (Å²) in [5.41, 5.74) is 7.44. The molecule has 1 unspecified atom stereocenters. The Bertz CT molecular complexity index is 1090. The van der Waals surface area contributed by atoms with Crippen LogP contribution in [0.3, 0.4) is 0 Å². The van der Waals surface area contributed by atoms with Crippen molar-refractivity contribution < 1.29 is 4.79 Å². The van der Waals surface area contributed by atoms with Gasteiger partial charge in [-0.1, -0.05) is 43.4 Å². The molecule has 1 aliphatic carbocycles. The lowest BCUT2D eigenvalue weighted by molar-refractivity contribution is 0.101. The number of rotatable bonds is 4. The van der Waals surface area contributed by atoms with Crippen molar-refractivity contribution in [2.45, 2.75) is 32.6 Å². The van der Waals surface area contributed by atoms with Crippen molar-refractivity contribution in [2.24, 2.45) is 0 Å². The Kier molecular flexibility index (Phi) is 4.44. The summed E-state index contributed by atoms with van der Waals surface area (Å²) in [5, 5.41) is 1.21. The molecule has 0 saturated heterocycles. The molecule has 1 aromatic carbocycles. The molecule has 1 aliphatic rings. The smallest absolute Gasteiger partial charge is 0.161 e. The van der Waals surface area contributed by atoms with Crippen LogP contribution >= 0.6 is 0 Å². The number of ketones is 1. The van der Waals surface area contributed by atoms with Crippen LogP contribution in [0.2, 0.25) is 0 Å². The molecular formula is C24H24N2O. The van der Waals surface area contributed by atoms with Crippen molar-refractivity contribution in [1.29, 1.82) is 0 Å². The standard InChI is InChI=1S/C24H24N2O/c1-4-22-21(16(3)27)14-24(26-22)18-7-5-6-15(2)20(13-18)17-8-9-23-19(12-17)10-11-25-23/h5,7-14,20,25-26H,2,4,6H2,1,3H3. The largest absolute Gasteiger partial charge is 0.361 e. The Morgan fingerprint density at radius 2 is 2.11 bits per heavy atom. The lowest BCUT2D eigenvalue weighted by Crippen LogP contribution is -1.98. The summed E-state index contributed by atoms with van der Waals surface area (Å²) in [7, 11) is 0. The van der Waals surface area contributed by atoms with Gasteiger partial charge in [0.1, 0.15) is 0 Å². The molecule has 0 spiro atoms. The molecule has 4 rings (SSSR count). The highest BCUT2D eigenvalue weighted by molar-refractivity contribution is 5.96. The summed E-state index contributed by atoms with van der Waals surface area (Å²) in [5.74, 6) is 0.245. The summed E-state index contributed by atoms with van der Waals surface area (Å²) in [4.78, 5) is 18.6. The summed E-state index contributed by atoms with van der Waals surface area (Å²) < 4.78 is 0. The minimum Gasteiger partial charge on any atom is -0.361 e. The lowest BCUT2D eigenvalue weighted by atomic mass is 9.89. The van der Waals surface area contributed by atoms with Crippen LogP contribution in [0.1, 0.15) is 53.5 Å². The van der Waals surface area contributed by atoms with Crippen molar-refractivity contribution in [3.63, 3.8) is 0 Å². The van der Waals surface area contributed by atoms with E-state index >= 15 is 0 Å². The van der Waals surface area contributed by atoms with Gasteiger partial charge in [0.25, 0.3) is 0 Å². The van der Waals surface area contributed by atoms with Crippen LogP contribution in [0.5, 0.6) is 0 Å². The first-order valence-corrected chi connectivity index (χ1v) is 9.43. The van der Waals surface area contributed by atoms with E-state index in [1.165, 1.54) is 16.5 Å². The Hall–Kier alpha value is -3.07. The number of nitrogens with one attached hydrogen (secondary N) is 2. The quantitative estimate of drug-likeness (QED) is 0.441. The Morgan fingerprint density at radius 3 is 2.85 bits per heavy atom. The molecule has 3 heteroatoms. The van der Waals surface area contributed by atoms with Crippen LogP contribution < -0.4 is 0 Å². The molecule has 0 fully saturated rings. The van der Waals surface area contributed by atoms with E-state index in [4.69, 9.17) is 0 Å². The van der Waals surface area contributed by atoms with Gasteiger partial charge in [0, 0.05) is 34.6 Å². The van der Waals surface area contributed by atoms with E-state index in [9.17, 15) is 4.79 Å². The van der Waals surface area contributed by atoms with E-state index in [1.54, 1.807) is 6.92 Å². The molecule has 0 saturated carbocycles. The molecule has 136 valence electrons. The number of Topliss-reactive ketones (excluding diaryl/α,β-unsaturated/α-hetero) is 1. The van der Waals surface area contributed by atoms with Gasteiger partial charge in [0.15, 0.2) is 5.78 Å². The van der Waals surface area contributed by atoms with Crippen LogP contribution in [0.15, 0.2) is 66.9 Å². The van der Waals surface area contributed by atoms with Crippen LogP contribution in [-0.2, 0) is 6.42 Å². The minimum atomic E-state index is 0.103. The van der Waals surface area contributed by atoms with Gasteiger partial charge in [0.05, 0.1) is 0 Å². The maximum absolute atomic E-state index is 12.0. The maximum Gasteiger partial charge on any atom is 0.161 e. The zero-order chi connectivity index (χ0) is 19.0. The molecule has 2 N–H and O–H groups in total. The predicted molar refractivity (Wildman–Crippen MR) is 112 cm³/mol. The Morgan fingerprint density at radius 1 is 1.26 bits per heavy atom. The van der Waals surface area contributed by atoms with Crippen LogP contribution in [0.4, 0.5) is 0 Å². The molecule has 1 atom stereocenters. The number of aromatic amines is 2. The van der Waals surface area contributed by atoms with Crippen LogP contribution in [0, 0.1) is 0 Å². The number of benzene rings is 1. The van der Waals surface area contributed by atoms with E-state index in [2.05, 4.69) is 66.0 Å². The minimum absolute atomic E-state index is 0.103. The number of aryl methyl sites for hydroxylation is 1. The zero-order valence-electron chi connectivity index (χ0n) is 15.8. The van der Waals surface area contributed by atoms with Crippen LogP contribution in [0.25, 0.3) is 16.5 Å². The van der Waals surface area contributed by atoms with E-state index in [-0.39, 0.29) is 11.7 Å². The van der Waals surface area contributed by atoms with E-state index < -0.39 is 0 Å². The van der Waals surface area contributed by atoms with E-state index in [0.29, 0.717) is 0 Å². The molecule has 0 aliphatic heterocycles. The van der Waals surface area contributed by atoms with Gasteiger partial charge in [-0.05, 0) is 60.6 Å². The SMILES string of the molecule is C=C1CC=CC(c2cc(C(C)=O)c(CC)[nH]2)=CC1c1ccc2[nH]ccc2c1. The molecule has 0 bridgehead atoms. The lowest BCUT2D eigenvalue weighted by Gasteiger charge is -2.15. The summed E-state index contributed by atoms with van der Waals surface area (Å²) in [6, 6.07) is 10.6. The fourth-order valence-corrected chi connectivity index (χ4v) is 3.84. The third-order valence-corrected chi connectivity index (χ3v) is 5.34. The van der Waals surface area contributed by atoms with Crippen molar-refractivity contribution in [3.05, 3.63) is 89.4 Å². The summed E-state index contributed by atoms with van der Waals surface area (Å²) in [6.45, 7) is 8.02. The van der Waals surface area contributed by atoms with Gasteiger partial charge in [-0.2, -0.15) is 0 Å². The van der Waals surface area contributed by atoms with Crippen molar-refractivity contribution >= 4 is 22.3 Å². The van der Waals surface area contributed by atoms with Crippen LogP contribution in [-0.4, -0.2) is 15.8 Å². The van der Waals surface area contributed by atoms with E-state index in [1.807, 2.05) is 12.3 Å². The zero-order valence-corrected chi connectivity index (χ0v) is 15.8. The first kappa shape index (κ1) is 17.3. The molecule has 0 amide bonds. The number of carbonyl (C=O) groups excluding carboxylic acids is 1. The maximum atomic E-state index is 12.0. The first-order chi connectivity index (χ1) is 13.1. The number of allylic oxidation sites excluding steroid dienone is 5. The monoisotopic (exact) mass is 356 g/mol. The molecule has 27 heavy (non-hydrogen) atoms. The number of hydrogen-bond donors (Lipinski definition) is 2. The number of hydrogen-bond acceptors (Lipinski definition) is 1. The van der Waals surface area contributed by atoms with Gasteiger partial charge < -0.3 is 9.97 Å². The third kappa shape index (κ3) is 3.21. The van der Waals surface area contributed by atoms with Crippen molar-refractivity contribution in [2.75, 3.05) is 0 Å². The van der Waals surface area contributed by atoms with Gasteiger partial charge in [0.2, 0.25) is 0 Å². The Balaban J connectivity index is 1.78. The van der Waals surface area contributed by atoms with Gasteiger partial charge >= 0.3 is 0 Å². The molecule has 2 aromatic heterocycles. The topological polar surface area (TPSA) is 48.6 Å². The van der Waals surface area contributed by atoms with Gasteiger partial charge in [-0.3, -0.25) is 4.79 Å². The van der Waals surface area contributed by atoms with Crippen molar-refractivity contribution in [3.8, 4) is 0 Å². The second kappa shape index (κ2) is 6.92. The Labute approximate surface area is 159 Å². The highest BCUT2D eigenvalue weighted by Gasteiger charge is 2.18. The fraction of sp³-hybridized carbons (Fsp3) is 0.208. The highest BCUT2D eigenvalue weighted by atomic mass is 16.1. The second-order valence-electron chi connectivity index (χ2n) is 7.17. The van der Waals surface area contributed by atoms with E-state index in [0.717, 1.165) is 40.9 Å². The third-order valence-electron chi connectivity index (χ3n) is 5.34. The average Bonchev–Trinajstić information content (AvgIpc) is 3.26. The number of aromatic nitrogens is 2. The second-order valence-corrected chi connectivity index (χ2v) is 7.17. The molecule has 2 heterocycles. The normalized spacial score (nSPS) is 17.2. The number of H-pyrrole nitrogens is 2. The summed E-state index contributed by atoms with van der Waals surface area (Å²) in [6.07, 6.45) is 10.2. The summed E-state index contributed by atoms with van der Waals surface area (Å²) >= 11 is 0. The molecule has 3 aromatic rings. The first-order valence-electron chi connectivity index (χ1n) is 9.43. The number of carbonyl (C=O) groups is 1. The van der Waals surface area contributed by atoms with Gasteiger partial charge in [-0.15, -0.1) is 0 Å². The van der Waals surface area contributed by atoms with Crippen molar-refractivity contribution in [1.82, 2.24) is 9.97 Å². The number of fused-ring (bicyclic) bond motifs is 1. The molecule has 3 nitrogen and oxygen atoms in total. The fourth-order valence-electron chi connectivity index (χ4n) is 3.84. The predicted octanol–water partition coefficient (Wildman–Crippen LogP) is 5.94. The average molecular weight is 356 g/mol.